The van der Waals surface area contributed by atoms with E-state index in [1.54, 1.807) is 60.7 Å². The minimum Gasteiger partial charge on any atom is -0.537 e. The molecule has 0 fully saturated rings. The van der Waals surface area contributed by atoms with Crippen LogP contribution in [0.5, 0.6) is 28.7 Å². The zero-order valence-corrected chi connectivity index (χ0v) is 40.9. The summed E-state index contributed by atoms with van der Waals surface area (Å²) in [6, 6.07) is 45.2. The van der Waals surface area contributed by atoms with Gasteiger partial charge in [0.25, 0.3) is 0 Å². The Hall–Kier alpha value is -9.36. The number of hydrogen-bond donors (Lipinski definition) is 13. The second-order valence-electron chi connectivity index (χ2n) is 18.5. The van der Waals surface area contributed by atoms with Crippen molar-refractivity contribution in [1.82, 2.24) is 19.9 Å². The van der Waals surface area contributed by atoms with Crippen molar-refractivity contribution in [2.24, 2.45) is 0 Å². The Morgan fingerprint density at radius 2 is 0.603 bits per heavy atom. The topological polar surface area (TPSA) is 289 Å². The number of phenolic OH excluding ortho intramolecular Hbond substituents is 4. The number of aromatic hydroxyl groups is 4. The molecule has 20 heteroatoms. The normalized spacial score (nSPS) is 11.6. The first-order valence-corrected chi connectivity index (χ1v) is 24.3. The third kappa shape index (κ3) is 9.98. The molecule has 5 heterocycles. The summed E-state index contributed by atoms with van der Waals surface area (Å²) < 4.78 is 5.21. The second-order valence-corrected chi connectivity index (χ2v) is 18.5. The van der Waals surface area contributed by atoms with E-state index in [9.17, 15) is 55.6 Å². The molecule has 13 N–H and O–H groups in total. The van der Waals surface area contributed by atoms with E-state index < -0.39 is 21.4 Å². The van der Waals surface area contributed by atoms with Gasteiger partial charge in [-0.15, -0.1) is 0 Å². The van der Waals surface area contributed by atoms with Crippen LogP contribution in [0.2, 0.25) is 0 Å². The highest BCUT2D eigenvalue weighted by atomic mass is 16.5. The molecule has 16 nitrogen and oxygen atoms in total. The fourth-order valence-corrected chi connectivity index (χ4v) is 9.70. The van der Waals surface area contributed by atoms with Gasteiger partial charge >= 0.3 is 29.0 Å². The van der Waals surface area contributed by atoms with Crippen LogP contribution in [-0.2, 0) is 0 Å². The van der Waals surface area contributed by atoms with Gasteiger partial charge < -0.3 is 70.2 Å². The summed E-state index contributed by atoms with van der Waals surface area (Å²) >= 11 is 0. The molecule has 2 aliphatic rings. The Bertz CT molecular complexity index is 4010. The van der Waals surface area contributed by atoms with Crippen LogP contribution in [0.4, 0.5) is 0 Å². The monoisotopic (exact) mass is 1030 g/mol. The van der Waals surface area contributed by atoms with Gasteiger partial charge in [-0.3, -0.25) is 0 Å². The van der Waals surface area contributed by atoms with Gasteiger partial charge in [-0.25, -0.2) is 9.97 Å². The maximum atomic E-state index is 9.89. The van der Waals surface area contributed by atoms with Gasteiger partial charge in [0, 0.05) is 44.3 Å². The first kappa shape index (κ1) is 50.8. The molecule has 0 spiro atoms. The van der Waals surface area contributed by atoms with Crippen LogP contribution in [0.25, 0.3) is 112 Å². The second kappa shape index (κ2) is 21.0. The molecule has 0 saturated heterocycles. The van der Waals surface area contributed by atoms with Crippen molar-refractivity contribution in [2.45, 2.75) is 0 Å². The zero-order chi connectivity index (χ0) is 54.4. The van der Waals surface area contributed by atoms with Gasteiger partial charge in [0.2, 0.25) is 0 Å². The predicted octanol–water partition coefficient (Wildman–Crippen LogP) is 6.08. The first-order chi connectivity index (χ1) is 37.7. The van der Waals surface area contributed by atoms with Gasteiger partial charge in [-0.05, 0) is 157 Å². The van der Waals surface area contributed by atoms with Gasteiger partial charge in [-0.1, -0.05) is 84.9 Å². The summed E-state index contributed by atoms with van der Waals surface area (Å²) in [5.41, 5.74) is 12.5. The lowest BCUT2D eigenvalue weighted by molar-refractivity contribution is 0.404. The molecule has 379 valence electrons. The summed E-state index contributed by atoms with van der Waals surface area (Å²) in [7, 11) is -4.29. The van der Waals surface area contributed by atoms with Crippen LogP contribution in [-0.4, -0.2) is 105 Å². The number of nitrogens with zero attached hydrogens (tertiary/aromatic N) is 2. The van der Waals surface area contributed by atoms with Crippen LogP contribution in [0.1, 0.15) is 22.8 Å². The summed E-state index contributed by atoms with van der Waals surface area (Å²) in [6.07, 6.45) is 7.72. The molecule has 1 radical (unpaired) electrons. The molecule has 0 unspecified atom stereocenters. The van der Waals surface area contributed by atoms with Crippen molar-refractivity contribution < 1.29 is 60.2 Å². The van der Waals surface area contributed by atoms with Crippen molar-refractivity contribution in [3.05, 3.63) is 181 Å². The number of phenols is 4. The smallest absolute Gasteiger partial charge is 0.537 e. The summed E-state index contributed by atoms with van der Waals surface area (Å²) in [5.74, 6) is -0.319. The molecule has 0 atom stereocenters. The molecular formula is C58H43B4N4O12. The lowest BCUT2D eigenvalue weighted by atomic mass is 9.80. The molecule has 8 bridgehead atoms. The van der Waals surface area contributed by atoms with Crippen LogP contribution >= 0.6 is 0 Å². The van der Waals surface area contributed by atoms with E-state index in [-0.39, 0.29) is 23.0 Å². The van der Waals surface area contributed by atoms with E-state index in [2.05, 4.69) is 9.97 Å². The lowest BCUT2D eigenvalue weighted by Gasteiger charge is -2.08. The minimum absolute atomic E-state index is 0.190. The number of H-pyrrole nitrogens is 2. The Labute approximate surface area is 445 Å². The summed E-state index contributed by atoms with van der Waals surface area (Å²) in [6.45, 7) is 0. The van der Waals surface area contributed by atoms with E-state index >= 15 is 0 Å². The van der Waals surface area contributed by atoms with Gasteiger partial charge in [0.05, 0.1) is 22.8 Å². The molecule has 10 aromatic rings. The molecule has 0 saturated carbocycles. The lowest BCUT2D eigenvalue weighted by Crippen LogP contribution is -2.29. The predicted molar refractivity (Wildman–Crippen MR) is 307 cm³/mol. The molecule has 7 aromatic carbocycles. The molecule has 0 amide bonds. The standard InChI is InChI=1S/C44H33B4N4O8.C14H10O4/c53-45-60-32-15-7-28(8-16-32)44-39-23-21-37(51-39)42(26-3-11-30(12-4-26)47(56)57)35-19-17-33(49-35)41(25-1-9-29(10-2-25)46(54)55)34-18-20-36(50-34)43(38-22-24-40(44)52-38)27-5-13-31(14-6-27)48(58)59;15-11-3-7-1-8-4-12(16)14(18)6-10(8)2-9(7)5-13(11)17/h1-24,49,52-59H;1-6,15-18H. The first-order valence-electron chi connectivity index (χ1n) is 24.3. The van der Waals surface area contributed by atoms with E-state index in [1.807, 2.05) is 97.1 Å². The number of aromatic nitrogens is 4. The van der Waals surface area contributed by atoms with Crippen LogP contribution in [0, 0.1) is 0 Å². The molecule has 2 aliphatic heterocycles. The number of nitrogens with one attached hydrogen (secondary N) is 2. The third-order valence-corrected chi connectivity index (χ3v) is 13.6. The number of hydrogen-bond acceptors (Lipinski definition) is 14. The minimum atomic E-state index is -1.64. The highest BCUT2D eigenvalue weighted by Gasteiger charge is 2.21. The highest BCUT2D eigenvalue weighted by Crippen LogP contribution is 2.40. The summed E-state index contributed by atoms with van der Waals surface area (Å²) in [4.78, 5) is 17.8. The van der Waals surface area contributed by atoms with E-state index in [1.165, 1.54) is 24.3 Å². The van der Waals surface area contributed by atoms with Crippen molar-refractivity contribution in [3.63, 3.8) is 0 Å². The molecular weight excluding hydrogens is 988 g/mol. The van der Waals surface area contributed by atoms with E-state index in [0.717, 1.165) is 82.6 Å². The average molecular weight is 1030 g/mol. The number of aromatic amines is 2. The Morgan fingerprint density at radius 1 is 0.346 bits per heavy atom. The number of fused-ring (bicyclic) bond motifs is 10. The largest absolute Gasteiger partial charge is 0.569 e. The molecule has 3 aromatic heterocycles. The summed E-state index contributed by atoms with van der Waals surface area (Å²) in [5, 5.41) is 109. The quantitative estimate of drug-likeness (QED) is 0.0443. The molecule has 0 aliphatic carbocycles. The Balaban J connectivity index is 0.000000301. The van der Waals surface area contributed by atoms with Gasteiger partial charge in [-0.2, -0.15) is 0 Å². The fraction of sp³-hybridized carbons (Fsp3) is 0. The van der Waals surface area contributed by atoms with Crippen molar-refractivity contribution in [2.75, 3.05) is 0 Å². The maximum absolute atomic E-state index is 9.89. The van der Waals surface area contributed by atoms with E-state index in [4.69, 9.17) is 14.6 Å². The SMILES string of the molecule is O[B]Oc1ccc(-c2c3nc(c(-c4ccc(B(O)O)cc4)c4ccc([nH]4)c(-c4ccc(B(O)O)cc4)c4nc(c(-c5ccc(B(O)O)cc5)c5ccc2[nH]5)C=C4)C=C3)cc1.Oc1cc2cc3cc(O)c(O)cc3cc2cc1O. The highest BCUT2D eigenvalue weighted by molar-refractivity contribution is 6.59. The molecule has 12 rings (SSSR count). The fourth-order valence-electron chi connectivity index (χ4n) is 9.70. The maximum Gasteiger partial charge on any atom is 0.569 e. The van der Waals surface area contributed by atoms with Crippen LogP contribution in [0.3, 0.4) is 0 Å². The zero-order valence-electron chi connectivity index (χ0n) is 40.9. The molecule has 78 heavy (non-hydrogen) atoms. The van der Waals surface area contributed by atoms with Crippen LogP contribution < -0.4 is 21.0 Å². The Morgan fingerprint density at radius 3 is 0.846 bits per heavy atom. The number of rotatable bonds is 9. The van der Waals surface area contributed by atoms with Gasteiger partial charge in [0.15, 0.2) is 23.0 Å². The van der Waals surface area contributed by atoms with Crippen molar-refractivity contribution in [1.29, 1.82) is 0 Å². The average Bonchev–Trinajstić information content (AvgIpc) is 4.39. The van der Waals surface area contributed by atoms with E-state index in [0.29, 0.717) is 58.1 Å². The van der Waals surface area contributed by atoms with Gasteiger partial charge in [0.1, 0.15) is 5.75 Å². The Kier molecular flexibility index (Phi) is 13.7. The third-order valence-electron chi connectivity index (χ3n) is 13.6. The number of benzene rings is 7. The van der Waals surface area contributed by atoms with Crippen LogP contribution in [0.15, 0.2) is 158 Å². The van der Waals surface area contributed by atoms with Crippen molar-refractivity contribution >= 4 is 113 Å². The van der Waals surface area contributed by atoms with Crippen molar-refractivity contribution in [3.8, 4) is 73.3 Å².